The molecule has 3 N–H and O–H groups in total. The molecule has 3 aromatic rings. The molecule has 0 bridgehead atoms. The number of benzene rings is 3. The van der Waals surface area contributed by atoms with Gasteiger partial charge in [-0.25, -0.2) is 4.39 Å². The van der Waals surface area contributed by atoms with Gasteiger partial charge < -0.3 is 15.7 Å². The number of nitrogens with zero attached hydrogens (tertiary/aromatic N) is 2. The number of hydrogen-bond donors (Lipinski definition) is 3. The maximum atomic E-state index is 16.0. The molecule has 2 aliphatic heterocycles. The van der Waals surface area contributed by atoms with E-state index in [1.54, 1.807) is 43.3 Å². The summed E-state index contributed by atoms with van der Waals surface area (Å²) < 4.78 is 16.7. The molecule has 0 unspecified atom stereocenters. The minimum atomic E-state index is -1.41. The molecule has 3 aromatic carbocycles. The van der Waals surface area contributed by atoms with Crippen LogP contribution in [0.15, 0.2) is 53.0 Å². The molecule has 1 amide bonds. The SMILES string of the molecule is Cc1c(Br)ccc([N+](=O)[O-])c1CN[C@@H]1[C@H](CO)N(CC2CC2)[C@@]2(C(=O)Nc3cc(Cl)ccc32)[C@H]1c1cccc(Cl)c1F. The van der Waals surface area contributed by atoms with Crippen LogP contribution in [0.3, 0.4) is 0 Å². The van der Waals surface area contributed by atoms with Gasteiger partial charge in [-0.2, -0.15) is 0 Å². The highest BCUT2D eigenvalue weighted by Gasteiger charge is 2.67. The molecule has 6 rings (SSSR count). The first-order valence-corrected chi connectivity index (χ1v) is 15.2. The molecule has 1 aliphatic carbocycles. The number of amides is 1. The normalized spacial score (nSPS) is 25.2. The van der Waals surface area contributed by atoms with E-state index < -0.39 is 34.3 Å². The van der Waals surface area contributed by atoms with Crippen LogP contribution in [-0.4, -0.2) is 46.1 Å². The molecule has 2 fully saturated rings. The first-order chi connectivity index (χ1) is 20.1. The number of nitro groups is 1. The van der Waals surface area contributed by atoms with Gasteiger partial charge in [-0.15, -0.1) is 0 Å². The van der Waals surface area contributed by atoms with Crippen molar-refractivity contribution < 1.29 is 19.2 Å². The summed E-state index contributed by atoms with van der Waals surface area (Å²) in [5, 5.41) is 29.7. The summed E-state index contributed by atoms with van der Waals surface area (Å²) >= 11 is 16.1. The van der Waals surface area contributed by atoms with Crippen LogP contribution >= 0.6 is 39.1 Å². The van der Waals surface area contributed by atoms with Crippen LogP contribution in [0.1, 0.15) is 41.0 Å². The quantitative estimate of drug-likeness (QED) is 0.191. The smallest absolute Gasteiger partial charge is 0.274 e. The van der Waals surface area contributed by atoms with Gasteiger partial charge in [-0.05, 0) is 61.1 Å². The second-order valence-corrected chi connectivity index (χ2v) is 12.9. The van der Waals surface area contributed by atoms with E-state index in [-0.39, 0.29) is 35.3 Å². The standard InChI is InChI=1S/C30H28BrCl2FN4O4/c1-15-19(24(38(41)42)10-9-21(15)31)12-35-28-25(14-39)37(13-16-5-6-16)30(26(28)18-3-2-4-22(33)27(18)34)20-8-7-17(32)11-23(20)36-29(30)40/h2-4,7-11,16,25-26,28,35,39H,5-6,12-14H2,1H3,(H,36,40)/t25-,26-,28+,30+/m0/s1. The van der Waals surface area contributed by atoms with E-state index in [1.165, 1.54) is 12.1 Å². The van der Waals surface area contributed by atoms with Crippen LogP contribution in [0, 0.1) is 28.8 Å². The van der Waals surface area contributed by atoms with Crippen LogP contribution in [0.25, 0.3) is 0 Å². The largest absolute Gasteiger partial charge is 0.395 e. The molecular formula is C30H28BrCl2FN4O4. The highest BCUT2D eigenvalue weighted by molar-refractivity contribution is 9.10. The zero-order valence-electron chi connectivity index (χ0n) is 22.5. The van der Waals surface area contributed by atoms with Gasteiger partial charge >= 0.3 is 0 Å². The molecule has 1 saturated heterocycles. The summed E-state index contributed by atoms with van der Waals surface area (Å²) in [4.78, 5) is 27.8. The van der Waals surface area contributed by atoms with Crippen molar-refractivity contribution >= 4 is 56.4 Å². The van der Waals surface area contributed by atoms with E-state index in [2.05, 4.69) is 26.6 Å². The molecule has 1 spiro atoms. The van der Waals surface area contributed by atoms with Crippen molar-refractivity contribution in [1.29, 1.82) is 0 Å². The average Bonchev–Trinajstić information content (AvgIpc) is 3.67. The fourth-order valence-electron chi connectivity index (χ4n) is 6.83. The summed E-state index contributed by atoms with van der Waals surface area (Å²) in [6.45, 7) is 2.00. The Bertz CT molecular complexity index is 1610. The third kappa shape index (κ3) is 4.63. The summed E-state index contributed by atoms with van der Waals surface area (Å²) in [6, 6.07) is 11.6. The molecular weight excluding hydrogens is 650 g/mol. The Labute approximate surface area is 260 Å². The van der Waals surface area contributed by atoms with E-state index in [0.29, 0.717) is 44.3 Å². The number of hydrogen-bond acceptors (Lipinski definition) is 6. The lowest BCUT2D eigenvalue weighted by atomic mass is 9.73. The summed E-state index contributed by atoms with van der Waals surface area (Å²) in [7, 11) is 0. The fourth-order valence-corrected chi connectivity index (χ4v) is 7.56. The van der Waals surface area contributed by atoms with Crippen LogP contribution in [0.4, 0.5) is 15.8 Å². The number of nitrogens with one attached hydrogen (secondary N) is 2. The Kier molecular flexibility index (Phi) is 7.83. The van der Waals surface area contributed by atoms with Crippen molar-refractivity contribution in [2.75, 3.05) is 18.5 Å². The molecule has 3 aliphatic rings. The second-order valence-electron chi connectivity index (χ2n) is 11.2. The van der Waals surface area contributed by atoms with Gasteiger partial charge in [0.1, 0.15) is 11.4 Å². The number of nitro benzene ring substituents is 1. The van der Waals surface area contributed by atoms with Gasteiger partial charge in [0.15, 0.2) is 0 Å². The Morgan fingerprint density at radius 2 is 2.00 bits per heavy atom. The van der Waals surface area contributed by atoms with E-state index in [4.69, 9.17) is 23.2 Å². The zero-order valence-corrected chi connectivity index (χ0v) is 25.6. The number of rotatable bonds is 8. The predicted molar refractivity (Wildman–Crippen MR) is 162 cm³/mol. The van der Waals surface area contributed by atoms with Gasteiger partial charge in [-0.1, -0.05) is 57.3 Å². The Morgan fingerprint density at radius 1 is 1.24 bits per heavy atom. The number of aliphatic hydroxyl groups excluding tert-OH is 1. The number of halogens is 4. The van der Waals surface area contributed by atoms with Gasteiger partial charge in [0.2, 0.25) is 5.91 Å². The van der Waals surface area contributed by atoms with Crippen molar-refractivity contribution in [1.82, 2.24) is 10.2 Å². The molecule has 4 atom stereocenters. The number of likely N-dealkylation sites (tertiary alicyclic amines) is 1. The number of anilines is 1. The van der Waals surface area contributed by atoms with Gasteiger partial charge in [0.25, 0.3) is 5.69 Å². The highest BCUT2D eigenvalue weighted by Crippen LogP contribution is 2.58. The molecule has 42 heavy (non-hydrogen) atoms. The van der Waals surface area contributed by atoms with E-state index in [1.807, 2.05) is 4.90 Å². The lowest BCUT2D eigenvalue weighted by molar-refractivity contribution is -0.385. The van der Waals surface area contributed by atoms with Crippen LogP contribution in [0.2, 0.25) is 10.0 Å². The molecule has 8 nitrogen and oxygen atoms in total. The Balaban J connectivity index is 1.56. The maximum absolute atomic E-state index is 16.0. The lowest BCUT2D eigenvalue weighted by Crippen LogP contribution is -2.53. The Morgan fingerprint density at radius 3 is 2.69 bits per heavy atom. The van der Waals surface area contributed by atoms with Crippen molar-refractivity contribution in [2.24, 2.45) is 5.92 Å². The van der Waals surface area contributed by atoms with Gasteiger partial charge in [0.05, 0.1) is 22.6 Å². The summed E-state index contributed by atoms with van der Waals surface area (Å²) in [6.07, 6.45) is 1.97. The number of carbonyl (C=O) groups excluding carboxylic acids is 1. The number of carbonyl (C=O) groups is 1. The van der Waals surface area contributed by atoms with Crippen molar-refractivity contribution in [2.45, 2.75) is 49.9 Å². The van der Waals surface area contributed by atoms with Crippen LogP contribution in [0.5, 0.6) is 0 Å². The number of aliphatic hydroxyl groups is 1. The third-order valence-electron chi connectivity index (χ3n) is 8.94. The fraction of sp³-hybridized carbons (Fsp3) is 0.367. The second kappa shape index (κ2) is 11.2. The number of fused-ring (bicyclic) bond motifs is 2. The minimum absolute atomic E-state index is 0.0455. The maximum Gasteiger partial charge on any atom is 0.274 e. The summed E-state index contributed by atoms with van der Waals surface area (Å²) in [5.41, 5.74) is 1.05. The summed E-state index contributed by atoms with van der Waals surface area (Å²) in [5.74, 6) is -1.55. The zero-order chi connectivity index (χ0) is 29.9. The monoisotopic (exact) mass is 676 g/mol. The van der Waals surface area contributed by atoms with E-state index in [0.717, 1.165) is 12.8 Å². The highest BCUT2D eigenvalue weighted by atomic mass is 79.9. The van der Waals surface area contributed by atoms with Crippen molar-refractivity contribution in [3.63, 3.8) is 0 Å². The molecule has 0 radical (unpaired) electrons. The molecule has 1 saturated carbocycles. The first kappa shape index (κ1) is 29.5. The molecule has 220 valence electrons. The molecule has 2 heterocycles. The molecule has 0 aromatic heterocycles. The van der Waals surface area contributed by atoms with E-state index >= 15 is 4.39 Å². The molecule has 12 heteroatoms. The first-order valence-electron chi connectivity index (χ1n) is 13.7. The average molecular weight is 678 g/mol. The van der Waals surface area contributed by atoms with Crippen LogP contribution in [-0.2, 0) is 16.9 Å². The minimum Gasteiger partial charge on any atom is -0.395 e. The predicted octanol–water partition coefficient (Wildman–Crippen LogP) is 6.29. The van der Waals surface area contributed by atoms with Gasteiger partial charge in [0, 0.05) is 57.4 Å². The van der Waals surface area contributed by atoms with Crippen LogP contribution < -0.4 is 10.6 Å². The lowest BCUT2D eigenvalue weighted by Gasteiger charge is -2.39. The van der Waals surface area contributed by atoms with Crippen molar-refractivity contribution in [3.05, 3.63) is 101 Å². The van der Waals surface area contributed by atoms with Crippen molar-refractivity contribution in [3.8, 4) is 0 Å². The Hall–Kier alpha value is -2.60. The van der Waals surface area contributed by atoms with Gasteiger partial charge in [-0.3, -0.25) is 19.8 Å². The third-order valence-corrected chi connectivity index (χ3v) is 10.3. The topological polar surface area (TPSA) is 108 Å². The van der Waals surface area contributed by atoms with E-state index in [9.17, 15) is 20.0 Å².